The fraction of sp³-hybridized carbons (Fsp3) is 0.500. The molecule has 0 unspecified atom stereocenters. The summed E-state index contributed by atoms with van der Waals surface area (Å²) in [7, 11) is -3.39. The first-order chi connectivity index (χ1) is 9.91. The number of carbonyl (C=O) groups is 1. The van der Waals surface area contributed by atoms with E-state index >= 15 is 0 Å². The quantitative estimate of drug-likeness (QED) is 0.604. The summed E-state index contributed by atoms with van der Waals surface area (Å²) in [5.41, 5.74) is -0.207. The Morgan fingerprint density at radius 2 is 1.89 bits per heavy atom. The second kappa shape index (κ2) is 4.65. The van der Waals surface area contributed by atoms with Crippen LogP contribution in [0, 0.1) is 0 Å². The molecule has 0 radical (unpaired) electrons. The number of benzene rings is 1. The summed E-state index contributed by atoms with van der Waals surface area (Å²) >= 11 is 0. The van der Waals surface area contributed by atoms with Gasteiger partial charge in [-0.3, -0.25) is 0 Å². The maximum Gasteiger partial charge on any atom is 0.494 e. The normalized spacial score (nSPS) is 23.4. The van der Waals surface area contributed by atoms with E-state index in [1.807, 2.05) is 27.7 Å². The van der Waals surface area contributed by atoms with Gasteiger partial charge in [-0.15, -0.1) is 0 Å². The second-order valence-corrected chi connectivity index (χ2v) is 5.60. The Balaban J connectivity index is 2.22. The van der Waals surface area contributed by atoms with Crippen LogP contribution in [0.4, 0.5) is 0 Å². The first-order valence-electron chi connectivity index (χ1n) is 7.60. The molecule has 1 aromatic rings. The van der Waals surface area contributed by atoms with Crippen molar-refractivity contribution in [3.63, 3.8) is 0 Å². The fourth-order valence-corrected chi connectivity index (χ4v) is 1.85. The van der Waals surface area contributed by atoms with E-state index < -0.39 is 31.3 Å². The Morgan fingerprint density at radius 3 is 2.47 bits per heavy atom. The van der Waals surface area contributed by atoms with Crippen LogP contribution in [-0.4, -0.2) is 31.3 Å². The first-order valence-corrected chi connectivity index (χ1v) is 6.10. The van der Waals surface area contributed by atoms with Crippen LogP contribution in [0.25, 0.3) is 0 Å². The zero-order valence-corrected chi connectivity index (χ0v) is 11.5. The van der Waals surface area contributed by atoms with Crippen LogP contribution >= 0.6 is 0 Å². The van der Waals surface area contributed by atoms with E-state index in [4.69, 9.17) is 13.4 Å². The van der Waals surface area contributed by atoms with Crippen molar-refractivity contribution in [3.8, 4) is 0 Å². The number of carbonyl (C=O) groups excluding carboxylic acids is 1. The number of hydrogen-bond acceptors (Lipinski definition) is 4. The van der Waals surface area contributed by atoms with Gasteiger partial charge in [0.05, 0.1) is 27.9 Å². The number of rotatable bonds is 2. The van der Waals surface area contributed by atoms with E-state index in [0.717, 1.165) is 0 Å². The topological polar surface area (TPSA) is 44.8 Å². The van der Waals surface area contributed by atoms with Gasteiger partial charge in [-0.25, -0.2) is 4.79 Å². The Hall–Kier alpha value is -1.33. The highest BCUT2D eigenvalue weighted by molar-refractivity contribution is 6.62. The van der Waals surface area contributed by atoms with Gasteiger partial charge in [0, 0.05) is 0 Å². The van der Waals surface area contributed by atoms with Crippen LogP contribution in [0.3, 0.4) is 0 Å². The van der Waals surface area contributed by atoms with Crippen molar-refractivity contribution in [1.29, 1.82) is 0 Å². The van der Waals surface area contributed by atoms with Crippen molar-refractivity contribution in [1.82, 2.24) is 0 Å². The van der Waals surface area contributed by atoms with Crippen molar-refractivity contribution in [3.05, 3.63) is 29.8 Å². The number of methoxy groups -OCH3 is 1. The molecule has 102 valence electrons. The summed E-state index contributed by atoms with van der Waals surface area (Å²) in [6, 6.07) is 6.41. The molecule has 1 heterocycles. The molecule has 0 atom stereocenters. The molecule has 1 saturated heterocycles. The second-order valence-electron chi connectivity index (χ2n) is 5.60. The molecule has 0 saturated carbocycles. The third-order valence-electron chi connectivity index (χ3n) is 3.74. The Morgan fingerprint density at radius 1 is 1.26 bits per heavy atom. The van der Waals surface area contributed by atoms with E-state index in [9.17, 15) is 4.79 Å². The van der Waals surface area contributed by atoms with Crippen molar-refractivity contribution >= 4 is 18.6 Å². The van der Waals surface area contributed by atoms with Gasteiger partial charge in [0.2, 0.25) is 0 Å². The molecule has 4 nitrogen and oxygen atoms in total. The van der Waals surface area contributed by atoms with Crippen LogP contribution in [0.15, 0.2) is 24.3 Å². The van der Waals surface area contributed by atoms with Crippen LogP contribution in [-0.2, 0) is 14.0 Å². The van der Waals surface area contributed by atoms with E-state index in [2.05, 4.69) is 4.74 Å². The third-order valence-corrected chi connectivity index (χ3v) is 3.74. The predicted molar refractivity (Wildman–Crippen MR) is 73.5 cm³/mol. The van der Waals surface area contributed by atoms with E-state index in [0.29, 0.717) is 5.46 Å². The lowest BCUT2D eigenvalue weighted by atomic mass is 9.78. The van der Waals surface area contributed by atoms with Crippen LogP contribution in [0.1, 0.15) is 42.2 Å². The van der Waals surface area contributed by atoms with Gasteiger partial charge in [0.1, 0.15) is 0 Å². The molecular formula is C14H19BO4. The molecule has 0 N–H and O–H groups in total. The summed E-state index contributed by atoms with van der Waals surface area (Å²) in [6.45, 7) is 7.72. The molecule has 0 aliphatic carbocycles. The fourth-order valence-electron chi connectivity index (χ4n) is 1.85. The van der Waals surface area contributed by atoms with Gasteiger partial charge in [-0.2, -0.15) is 0 Å². The van der Waals surface area contributed by atoms with Gasteiger partial charge in [0.25, 0.3) is 0 Å². The van der Waals surface area contributed by atoms with Crippen molar-refractivity contribution in [2.45, 2.75) is 38.9 Å². The lowest BCUT2D eigenvalue weighted by Crippen LogP contribution is -2.41. The highest BCUT2D eigenvalue weighted by Crippen LogP contribution is 2.36. The summed E-state index contributed by atoms with van der Waals surface area (Å²) < 4.78 is 37.1. The molecule has 0 bridgehead atoms. The monoisotopic (exact) mass is 265 g/mol. The molecule has 1 aliphatic heterocycles. The maximum atomic E-state index is 11.8. The summed E-state index contributed by atoms with van der Waals surface area (Å²) in [5.74, 6) is -0.904. The smallest absolute Gasteiger partial charge is 0.465 e. The van der Waals surface area contributed by atoms with Gasteiger partial charge >= 0.3 is 13.1 Å². The average Bonchev–Trinajstić information content (AvgIpc) is 2.57. The molecule has 19 heavy (non-hydrogen) atoms. The summed E-state index contributed by atoms with van der Waals surface area (Å²) in [5, 5.41) is 0. The third kappa shape index (κ3) is 2.53. The molecule has 0 amide bonds. The molecular weight excluding hydrogens is 243 g/mol. The maximum absolute atomic E-state index is 11.8. The average molecular weight is 265 g/mol. The van der Waals surface area contributed by atoms with Crippen LogP contribution in [0.2, 0.25) is 0 Å². The highest BCUT2D eigenvalue weighted by atomic mass is 16.7. The summed E-state index contributed by atoms with van der Waals surface area (Å²) in [6.07, 6.45) is 0. The van der Waals surface area contributed by atoms with Crippen LogP contribution < -0.4 is 5.46 Å². The Kier molecular flexibility index (Phi) is 2.56. The Bertz CT molecular complexity index is 568. The molecule has 0 aromatic heterocycles. The largest absolute Gasteiger partial charge is 0.494 e. The van der Waals surface area contributed by atoms with E-state index in [1.165, 1.54) is 12.1 Å². The number of esters is 1. The minimum Gasteiger partial charge on any atom is -0.465 e. The highest BCUT2D eigenvalue weighted by Gasteiger charge is 2.51. The number of hydrogen-bond donors (Lipinski definition) is 0. The van der Waals surface area contributed by atoms with E-state index in [1.54, 1.807) is 12.1 Å². The van der Waals surface area contributed by atoms with Gasteiger partial charge in [-0.05, 0) is 45.3 Å². The molecule has 5 heteroatoms. The SMILES string of the molecule is [2H]C([2H])([2H])OC(=O)c1cccc(B2OC(C)(C)C(C)(C)O2)c1. The van der Waals surface area contributed by atoms with Gasteiger partial charge in [-0.1, -0.05) is 12.1 Å². The molecule has 1 fully saturated rings. The zero-order valence-electron chi connectivity index (χ0n) is 14.5. The Labute approximate surface area is 118 Å². The molecule has 2 rings (SSSR count). The first kappa shape index (κ1) is 10.5. The molecule has 0 spiro atoms. The standard InChI is InChI=1S/C14H19BO4/c1-13(2)14(3,4)19-15(18-13)11-8-6-7-10(9-11)12(16)17-5/h6-9H,1-5H3/i5D3. The van der Waals surface area contributed by atoms with E-state index in [-0.39, 0.29) is 5.56 Å². The minimum atomic E-state index is -2.77. The molecule has 1 aliphatic rings. The minimum absolute atomic E-state index is 0.142. The molecule has 1 aromatic carbocycles. The van der Waals surface area contributed by atoms with Crippen LogP contribution in [0.5, 0.6) is 0 Å². The summed E-state index contributed by atoms with van der Waals surface area (Å²) in [4.78, 5) is 11.8. The zero-order chi connectivity index (χ0) is 16.8. The lowest BCUT2D eigenvalue weighted by Gasteiger charge is -2.32. The van der Waals surface area contributed by atoms with Gasteiger partial charge in [0.15, 0.2) is 0 Å². The lowest BCUT2D eigenvalue weighted by molar-refractivity contribution is 0.00578. The number of ether oxygens (including phenoxy) is 1. The van der Waals surface area contributed by atoms with Crippen molar-refractivity contribution < 1.29 is 23.0 Å². The predicted octanol–water partition coefficient (Wildman–Crippen LogP) is 1.77. The van der Waals surface area contributed by atoms with Gasteiger partial charge < -0.3 is 14.0 Å². The van der Waals surface area contributed by atoms with Crippen molar-refractivity contribution in [2.75, 3.05) is 7.04 Å². The van der Waals surface area contributed by atoms with Crippen molar-refractivity contribution in [2.24, 2.45) is 0 Å².